The molecular formula is C24H27N5O4S. The molecule has 2 heterocycles. The Kier molecular flexibility index (Phi) is 6.97. The van der Waals surface area contributed by atoms with Crippen LogP contribution in [0.15, 0.2) is 58.9 Å². The predicted molar refractivity (Wildman–Crippen MR) is 132 cm³/mol. The molecule has 1 aliphatic rings. The Balaban J connectivity index is 1.82. The van der Waals surface area contributed by atoms with Gasteiger partial charge in [-0.3, -0.25) is 4.79 Å². The molecule has 0 fully saturated rings. The number of amides is 1. The number of hydrogen-bond donors (Lipinski definition) is 2. The molecule has 0 radical (unpaired) electrons. The number of para-hydroxylation sites is 2. The van der Waals surface area contributed by atoms with E-state index in [2.05, 4.69) is 15.6 Å². The number of ether oxygens (including phenoxy) is 3. The summed E-state index contributed by atoms with van der Waals surface area (Å²) in [5.41, 5.74) is 2.57. The maximum Gasteiger partial charge on any atom is 0.255 e. The van der Waals surface area contributed by atoms with Gasteiger partial charge in [-0.25, -0.2) is 4.68 Å². The van der Waals surface area contributed by atoms with E-state index in [0.29, 0.717) is 45.3 Å². The van der Waals surface area contributed by atoms with Crippen LogP contribution in [0.25, 0.3) is 0 Å². The number of methoxy groups -OCH3 is 3. The fraction of sp³-hybridized carbons (Fsp3) is 0.292. The van der Waals surface area contributed by atoms with Gasteiger partial charge in [0.25, 0.3) is 5.91 Å². The Morgan fingerprint density at radius 1 is 1.09 bits per heavy atom. The summed E-state index contributed by atoms with van der Waals surface area (Å²) in [5, 5.41) is 11.6. The molecule has 3 aromatic rings. The SMILES string of the molecule is CCSc1nc2n(n1)[C@H](c1ccc(OC)c(OC)c1)C(C(=O)Nc1ccccc1OC)=C(C)N2. The lowest BCUT2D eigenvalue weighted by molar-refractivity contribution is -0.113. The van der Waals surface area contributed by atoms with Crippen LogP contribution in [0, 0.1) is 0 Å². The fourth-order valence-electron chi connectivity index (χ4n) is 3.88. The van der Waals surface area contributed by atoms with Crippen molar-refractivity contribution in [1.82, 2.24) is 14.8 Å². The molecule has 10 heteroatoms. The summed E-state index contributed by atoms with van der Waals surface area (Å²) in [6.45, 7) is 3.90. The number of benzene rings is 2. The maximum atomic E-state index is 13.7. The summed E-state index contributed by atoms with van der Waals surface area (Å²) in [5.74, 6) is 2.86. The van der Waals surface area contributed by atoms with E-state index in [0.717, 1.165) is 11.3 Å². The Morgan fingerprint density at radius 2 is 1.82 bits per heavy atom. The van der Waals surface area contributed by atoms with Gasteiger partial charge in [0.05, 0.1) is 32.6 Å². The highest BCUT2D eigenvalue weighted by molar-refractivity contribution is 7.99. The van der Waals surface area contributed by atoms with E-state index >= 15 is 0 Å². The highest BCUT2D eigenvalue weighted by atomic mass is 32.2. The van der Waals surface area contributed by atoms with Crippen molar-refractivity contribution in [2.75, 3.05) is 37.7 Å². The normalized spacial score (nSPS) is 14.8. The average molecular weight is 482 g/mol. The zero-order chi connectivity index (χ0) is 24.2. The molecule has 0 aliphatic carbocycles. The topological polar surface area (TPSA) is 99.5 Å². The number of anilines is 2. The number of fused-ring (bicyclic) bond motifs is 1. The van der Waals surface area contributed by atoms with E-state index in [9.17, 15) is 4.79 Å². The number of nitrogens with one attached hydrogen (secondary N) is 2. The molecule has 1 aliphatic heterocycles. The van der Waals surface area contributed by atoms with Crippen LogP contribution in [0.3, 0.4) is 0 Å². The number of rotatable bonds is 8. The lowest BCUT2D eigenvalue weighted by Gasteiger charge is -2.29. The first-order valence-electron chi connectivity index (χ1n) is 10.7. The Bertz CT molecular complexity index is 1240. The monoisotopic (exact) mass is 481 g/mol. The first-order valence-corrected chi connectivity index (χ1v) is 11.7. The molecule has 1 amide bonds. The molecule has 4 rings (SSSR count). The summed E-state index contributed by atoms with van der Waals surface area (Å²) < 4.78 is 18.1. The number of thioether (sulfide) groups is 1. The molecule has 2 N–H and O–H groups in total. The third-order valence-corrected chi connectivity index (χ3v) is 6.15. The minimum absolute atomic E-state index is 0.278. The highest BCUT2D eigenvalue weighted by Gasteiger charge is 2.35. The largest absolute Gasteiger partial charge is 0.495 e. The lowest BCUT2D eigenvalue weighted by atomic mass is 9.94. The first kappa shape index (κ1) is 23.5. The number of hydrogen-bond acceptors (Lipinski definition) is 8. The van der Waals surface area contributed by atoms with Crippen LogP contribution in [0.2, 0.25) is 0 Å². The van der Waals surface area contributed by atoms with Gasteiger partial charge in [-0.2, -0.15) is 4.98 Å². The van der Waals surface area contributed by atoms with Crippen molar-refractivity contribution >= 4 is 29.3 Å². The molecule has 0 saturated carbocycles. The van der Waals surface area contributed by atoms with Gasteiger partial charge in [-0.05, 0) is 42.5 Å². The summed E-state index contributed by atoms with van der Waals surface area (Å²) in [6, 6.07) is 12.3. The molecule has 9 nitrogen and oxygen atoms in total. The summed E-state index contributed by atoms with van der Waals surface area (Å²) in [7, 11) is 4.73. The molecule has 0 saturated heterocycles. The van der Waals surface area contributed by atoms with Gasteiger partial charge in [0.15, 0.2) is 11.5 Å². The molecular weight excluding hydrogens is 454 g/mol. The fourth-order valence-corrected chi connectivity index (χ4v) is 4.44. The zero-order valence-electron chi connectivity index (χ0n) is 19.7. The molecule has 178 valence electrons. The standard InChI is InChI=1S/C24H27N5O4S/c1-6-34-24-27-23-25-14(2)20(22(30)26-16-9-7-8-10-17(16)31-3)21(29(23)28-24)15-11-12-18(32-4)19(13-15)33-5/h7-13,21H,6H2,1-5H3,(H,26,30)(H,25,27,28)/t21-/m1/s1. The summed E-state index contributed by atoms with van der Waals surface area (Å²) >= 11 is 1.53. The van der Waals surface area contributed by atoms with Gasteiger partial charge < -0.3 is 24.8 Å². The van der Waals surface area contributed by atoms with Crippen molar-refractivity contribution in [1.29, 1.82) is 0 Å². The van der Waals surface area contributed by atoms with Crippen molar-refractivity contribution in [2.45, 2.75) is 25.0 Å². The highest BCUT2D eigenvalue weighted by Crippen LogP contribution is 2.40. The minimum Gasteiger partial charge on any atom is -0.495 e. The molecule has 0 bridgehead atoms. The van der Waals surface area contributed by atoms with Crippen LogP contribution in [-0.4, -0.2) is 47.8 Å². The zero-order valence-corrected chi connectivity index (χ0v) is 20.5. The van der Waals surface area contributed by atoms with Crippen LogP contribution in [0.5, 0.6) is 17.2 Å². The molecule has 2 aromatic carbocycles. The van der Waals surface area contributed by atoms with Gasteiger partial charge in [0.2, 0.25) is 11.1 Å². The number of carbonyl (C=O) groups excluding carboxylic acids is 1. The van der Waals surface area contributed by atoms with Crippen LogP contribution in [0.4, 0.5) is 11.6 Å². The van der Waals surface area contributed by atoms with Gasteiger partial charge in [0, 0.05) is 5.70 Å². The van der Waals surface area contributed by atoms with Gasteiger partial charge in [-0.15, -0.1) is 5.10 Å². The van der Waals surface area contributed by atoms with Crippen LogP contribution >= 0.6 is 11.8 Å². The van der Waals surface area contributed by atoms with Crippen LogP contribution in [0.1, 0.15) is 25.5 Å². The van der Waals surface area contributed by atoms with Crippen molar-refractivity contribution in [2.24, 2.45) is 0 Å². The first-order chi connectivity index (χ1) is 16.5. The average Bonchev–Trinajstić information content (AvgIpc) is 3.25. The lowest BCUT2D eigenvalue weighted by Crippen LogP contribution is -2.31. The third kappa shape index (κ3) is 4.41. The van der Waals surface area contributed by atoms with Crippen molar-refractivity contribution in [3.8, 4) is 17.2 Å². The minimum atomic E-state index is -0.538. The Hall–Kier alpha value is -3.66. The van der Waals surface area contributed by atoms with Crippen LogP contribution in [-0.2, 0) is 4.79 Å². The summed E-state index contributed by atoms with van der Waals surface area (Å²) in [6.07, 6.45) is 0. The third-order valence-electron chi connectivity index (χ3n) is 5.43. The quantitative estimate of drug-likeness (QED) is 0.459. The van der Waals surface area contributed by atoms with Crippen molar-refractivity contribution < 1.29 is 19.0 Å². The van der Waals surface area contributed by atoms with E-state index in [1.165, 1.54) is 11.8 Å². The van der Waals surface area contributed by atoms with Crippen molar-refractivity contribution in [3.05, 3.63) is 59.3 Å². The number of allylic oxidation sites excluding steroid dienone is 1. The second kappa shape index (κ2) is 10.1. The molecule has 1 aromatic heterocycles. The molecule has 0 unspecified atom stereocenters. The van der Waals surface area contributed by atoms with E-state index in [4.69, 9.17) is 19.3 Å². The molecule has 1 atom stereocenters. The van der Waals surface area contributed by atoms with E-state index in [-0.39, 0.29) is 5.91 Å². The number of carbonyl (C=O) groups is 1. The van der Waals surface area contributed by atoms with E-state index in [1.807, 2.05) is 44.2 Å². The number of nitrogens with zero attached hydrogens (tertiary/aromatic N) is 3. The van der Waals surface area contributed by atoms with Crippen LogP contribution < -0.4 is 24.8 Å². The number of aromatic nitrogens is 3. The Labute approximate surface area is 202 Å². The van der Waals surface area contributed by atoms with Crippen molar-refractivity contribution in [3.63, 3.8) is 0 Å². The second-order valence-electron chi connectivity index (χ2n) is 7.43. The molecule has 34 heavy (non-hydrogen) atoms. The van der Waals surface area contributed by atoms with Gasteiger partial charge >= 0.3 is 0 Å². The smallest absolute Gasteiger partial charge is 0.255 e. The van der Waals surface area contributed by atoms with Gasteiger partial charge in [-0.1, -0.05) is 36.9 Å². The predicted octanol–water partition coefficient (Wildman–Crippen LogP) is 4.34. The Morgan fingerprint density at radius 3 is 2.53 bits per heavy atom. The second-order valence-corrected chi connectivity index (χ2v) is 8.66. The maximum absolute atomic E-state index is 13.7. The summed E-state index contributed by atoms with van der Waals surface area (Å²) in [4.78, 5) is 18.3. The van der Waals surface area contributed by atoms with Gasteiger partial charge in [0.1, 0.15) is 11.8 Å². The van der Waals surface area contributed by atoms with E-state index in [1.54, 1.807) is 38.1 Å². The van der Waals surface area contributed by atoms with E-state index < -0.39 is 6.04 Å². The molecule has 0 spiro atoms.